The Labute approximate surface area is 138 Å². The van der Waals surface area contributed by atoms with Gasteiger partial charge in [-0.1, -0.05) is 20.8 Å². The minimum atomic E-state index is -0.0452. The quantitative estimate of drug-likeness (QED) is 0.551. The van der Waals surface area contributed by atoms with Crippen molar-refractivity contribution in [2.45, 2.75) is 40.3 Å². The molecule has 0 saturated carbocycles. The summed E-state index contributed by atoms with van der Waals surface area (Å²) in [6.45, 7) is 7.60. The van der Waals surface area contributed by atoms with E-state index in [1.165, 1.54) is 4.68 Å². The normalized spacial score (nSPS) is 11.7. The minimum Gasteiger partial charge on any atom is -0.361 e. The molecule has 0 N–H and O–H groups in total. The van der Waals surface area contributed by atoms with Crippen molar-refractivity contribution in [1.29, 1.82) is 0 Å². The molecule has 116 valence electrons. The van der Waals surface area contributed by atoms with Crippen molar-refractivity contribution >= 4 is 33.4 Å². The van der Waals surface area contributed by atoms with Gasteiger partial charge in [0.05, 0.1) is 14.8 Å². The van der Waals surface area contributed by atoms with E-state index in [4.69, 9.17) is 4.74 Å². The van der Waals surface area contributed by atoms with Gasteiger partial charge in [0.1, 0.15) is 6.73 Å². The number of halogens is 1. The van der Waals surface area contributed by atoms with Gasteiger partial charge in [-0.3, -0.25) is 4.79 Å². The van der Waals surface area contributed by atoms with Gasteiger partial charge in [-0.2, -0.15) is 5.10 Å². The van der Waals surface area contributed by atoms with Gasteiger partial charge >= 0.3 is 0 Å². The number of ether oxygens (including phenoxy) is 1. The highest BCUT2D eigenvalue weighted by atomic mass is 127. The second-order valence-corrected chi connectivity index (χ2v) is 6.71. The van der Waals surface area contributed by atoms with E-state index in [9.17, 15) is 4.79 Å². The monoisotopic (exact) mass is 403 g/mol. The highest BCUT2D eigenvalue weighted by Crippen LogP contribution is 2.23. The van der Waals surface area contributed by atoms with Crippen molar-refractivity contribution in [3.8, 4) is 0 Å². The first-order valence-corrected chi connectivity index (χ1v) is 8.35. The molecular weight excluding hydrogens is 381 g/mol. The largest absolute Gasteiger partial charge is 0.361 e. The van der Waals surface area contributed by atoms with Crippen molar-refractivity contribution in [2.24, 2.45) is 13.0 Å². The van der Waals surface area contributed by atoms with Crippen LogP contribution in [0, 0.1) is 9.62 Å². The molecule has 0 aliphatic carbocycles. The molecule has 0 radical (unpaired) electrons. The van der Waals surface area contributed by atoms with Crippen LogP contribution in [0.5, 0.6) is 0 Å². The maximum Gasteiger partial charge on any atom is 0.277 e. The Morgan fingerprint density at radius 1 is 1.43 bits per heavy atom. The standard InChI is InChI=1S/C15H22IN3O2/c1-5-6-21-9-19-8-11-12(7-10(2)3)17-18(4)15(20)13(11)14(19)16/h8,10H,5-7,9H2,1-4H3. The summed E-state index contributed by atoms with van der Waals surface area (Å²) >= 11 is 2.22. The number of fused-ring (bicyclic) bond motifs is 1. The van der Waals surface area contributed by atoms with E-state index >= 15 is 0 Å². The van der Waals surface area contributed by atoms with Crippen LogP contribution in [0.1, 0.15) is 32.9 Å². The topological polar surface area (TPSA) is 49.0 Å². The second kappa shape index (κ2) is 6.91. The zero-order valence-electron chi connectivity index (χ0n) is 13.0. The molecule has 2 aromatic heterocycles. The van der Waals surface area contributed by atoms with Crippen LogP contribution < -0.4 is 5.56 Å². The molecule has 0 fully saturated rings. The summed E-state index contributed by atoms with van der Waals surface area (Å²) in [6, 6.07) is 0. The molecule has 2 heterocycles. The Hall–Kier alpha value is -0.890. The average Bonchev–Trinajstić information content (AvgIpc) is 2.74. The zero-order valence-corrected chi connectivity index (χ0v) is 15.2. The highest BCUT2D eigenvalue weighted by Gasteiger charge is 2.17. The summed E-state index contributed by atoms with van der Waals surface area (Å²) < 4.78 is 9.96. The third kappa shape index (κ3) is 3.48. The smallest absolute Gasteiger partial charge is 0.277 e. The molecule has 0 aromatic carbocycles. The molecule has 0 atom stereocenters. The summed E-state index contributed by atoms with van der Waals surface area (Å²) in [4.78, 5) is 12.4. The van der Waals surface area contributed by atoms with Crippen LogP contribution in [0.25, 0.3) is 10.8 Å². The van der Waals surface area contributed by atoms with E-state index in [-0.39, 0.29) is 5.56 Å². The fourth-order valence-corrected chi connectivity index (χ4v) is 3.13. The number of rotatable bonds is 6. The maximum absolute atomic E-state index is 12.4. The number of nitrogens with zero attached hydrogens (tertiary/aromatic N) is 3. The van der Waals surface area contributed by atoms with Crippen molar-refractivity contribution in [2.75, 3.05) is 6.61 Å². The van der Waals surface area contributed by atoms with E-state index in [1.54, 1.807) is 7.05 Å². The van der Waals surface area contributed by atoms with Crippen molar-refractivity contribution in [3.63, 3.8) is 0 Å². The van der Waals surface area contributed by atoms with Crippen LogP contribution in [-0.2, 0) is 24.9 Å². The summed E-state index contributed by atoms with van der Waals surface area (Å²) in [5.41, 5.74) is 0.936. The fraction of sp³-hybridized carbons (Fsp3) is 0.600. The molecular formula is C15H22IN3O2. The molecule has 0 aliphatic heterocycles. The Morgan fingerprint density at radius 3 is 2.76 bits per heavy atom. The molecule has 2 aromatic rings. The van der Waals surface area contributed by atoms with Crippen LogP contribution in [0.2, 0.25) is 0 Å². The lowest BCUT2D eigenvalue weighted by molar-refractivity contribution is 0.0765. The van der Waals surface area contributed by atoms with Gasteiger partial charge in [-0.25, -0.2) is 4.68 Å². The van der Waals surface area contributed by atoms with Gasteiger partial charge in [-0.15, -0.1) is 0 Å². The van der Waals surface area contributed by atoms with Gasteiger partial charge < -0.3 is 9.30 Å². The molecule has 0 spiro atoms. The number of aromatic nitrogens is 3. The fourth-order valence-electron chi connectivity index (χ4n) is 2.33. The summed E-state index contributed by atoms with van der Waals surface area (Å²) in [5.74, 6) is 0.496. The van der Waals surface area contributed by atoms with Gasteiger partial charge in [0.15, 0.2) is 0 Å². The molecule has 0 amide bonds. The van der Waals surface area contributed by atoms with Crippen LogP contribution in [0.15, 0.2) is 11.0 Å². The molecule has 0 saturated heterocycles. The van der Waals surface area contributed by atoms with Gasteiger partial charge in [0.25, 0.3) is 5.56 Å². The van der Waals surface area contributed by atoms with E-state index in [1.807, 2.05) is 10.8 Å². The lowest BCUT2D eigenvalue weighted by Crippen LogP contribution is -2.22. The van der Waals surface area contributed by atoms with Crippen LogP contribution in [0.4, 0.5) is 0 Å². The molecule has 0 unspecified atom stereocenters. The Bertz CT molecular complexity index is 688. The van der Waals surface area contributed by atoms with Gasteiger partial charge in [-0.05, 0) is 41.4 Å². The zero-order chi connectivity index (χ0) is 15.6. The highest BCUT2D eigenvalue weighted by molar-refractivity contribution is 14.1. The van der Waals surface area contributed by atoms with Crippen molar-refractivity contribution < 1.29 is 4.74 Å². The van der Waals surface area contributed by atoms with E-state index in [0.717, 1.165) is 39.6 Å². The van der Waals surface area contributed by atoms with E-state index in [0.29, 0.717) is 12.6 Å². The Kier molecular flexibility index (Phi) is 5.43. The Morgan fingerprint density at radius 2 is 2.14 bits per heavy atom. The van der Waals surface area contributed by atoms with Crippen LogP contribution in [-0.4, -0.2) is 21.0 Å². The molecule has 6 heteroatoms. The van der Waals surface area contributed by atoms with Crippen LogP contribution in [0.3, 0.4) is 0 Å². The molecule has 0 bridgehead atoms. The SMILES string of the molecule is CCCOCn1cc2c(CC(C)C)nn(C)c(=O)c2c1I. The van der Waals surface area contributed by atoms with Gasteiger partial charge in [0.2, 0.25) is 0 Å². The first kappa shape index (κ1) is 16.5. The predicted molar refractivity (Wildman–Crippen MR) is 92.5 cm³/mol. The molecule has 21 heavy (non-hydrogen) atoms. The summed E-state index contributed by atoms with van der Waals surface area (Å²) in [7, 11) is 1.71. The van der Waals surface area contributed by atoms with Crippen molar-refractivity contribution in [1.82, 2.24) is 14.3 Å². The third-order valence-electron chi connectivity index (χ3n) is 3.28. The molecule has 2 rings (SSSR count). The van der Waals surface area contributed by atoms with E-state index < -0.39 is 0 Å². The molecule has 0 aliphatic rings. The Balaban J connectivity index is 2.54. The number of aryl methyl sites for hydroxylation is 1. The third-order valence-corrected chi connectivity index (χ3v) is 4.44. The van der Waals surface area contributed by atoms with Crippen LogP contribution >= 0.6 is 22.6 Å². The average molecular weight is 403 g/mol. The first-order valence-electron chi connectivity index (χ1n) is 7.28. The maximum atomic E-state index is 12.4. The van der Waals surface area contributed by atoms with Crippen molar-refractivity contribution in [3.05, 3.63) is 25.9 Å². The van der Waals surface area contributed by atoms with Gasteiger partial charge in [0, 0.05) is 25.2 Å². The molecule has 5 nitrogen and oxygen atoms in total. The lowest BCUT2D eigenvalue weighted by atomic mass is 10.1. The minimum absolute atomic E-state index is 0.0452. The predicted octanol–water partition coefficient (Wildman–Crippen LogP) is 2.92. The second-order valence-electron chi connectivity index (χ2n) is 5.69. The summed E-state index contributed by atoms with van der Waals surface area (Å²) in [6.07, 6.45) is 3.85. The van der Waals surface area contributed by atoms with E-state index in [2.05, 4.69) is 48.5 Å². The lowest BCUT2D eigenvalue weighted by Gasteiger charge is -2.07. The number of hydrogen-bond donors (Lipinski definition) is 0. The first-order chi connectivity index (χ1) is 9.95. The number of hydrogen-bond acceptors (Lipinski definition) is 3. The summed E-state index contributed by atoms with van der Waals surface area (Å²) in [5, 5.41) is 6.15.